The molecule has 32 heavy (non-hydrogen) atoms. The molecule has 0 radical (unpaired) electrons. The summed E-state index contributed by atoms with van der Waals surface area (Å²) < 4.78 is 7.25. The smallest absolute Gasteiger partial charge is 0.270 e. The van der Waals surface area contributed by atoms with Crippen LogP contribution in [0, 0.1) is 0 Å². The van der Waals surface area contributed by atoms with Crippen molar-refractivity contribution in [3.8, 4) is 5.75 Å². The number of hydrogen-bond donors (Lipinski definition) is 0. The third-order valence-corrected chi connectivity index (χ3v) is 7.57. The minimum Gasteiger partial charge on any atom is -0.488 e. The lowest BCUT2D eigenvalue weighted by Crippen LogP contribution is -2.27. The van der Waals surface area contributed by atoms with Crippen LogP contribution in [0.5, 0.6) is 5.75 Å². The minimum absolute atomic E-state index is 0.113. The number of carbonyl (C=O) groups excluding carboxylic acids is 1. The number of rotatable bonds is 6. The number of thiocarbonyl (C=S) groups is 1. The van der Waals surface area contributed by atoms with Crippen LogP contribution in [-0.4, -0.2) is 16.5 Å². The van der Waals surface area contributed by atoms with Gasteiger partial charge in [0.05, 0.1) is 15.1 Å². The van der Waals surface area contributed by atoms with E-state index in [0.717, 1.165) is 31.9 Å². The van der Waals surface area contributed by atoms with Crippen LogP contribution in [0.25, 0.3) is 6.08 Å². The van der Waals surface area contributed by atoms with Crippen LogP contribution in [0.3, 0.4) is 0 Å². The molecule has 3 nitrogen and oxygen atoms in total. The molecule has 3 aromatic carbocycles. The molecule has 0 spiro atoms. The molecule has 1 aliphatic heterocycles. The van der Waals surface area contributed by atoms with Gasteiger partial charge in [-0.2, -0.15) is 0 Å². The van der Waals surface area contributed by atoms with E-state index >= 15 is 0 Å². The summed E-state index contributed by atoms with van der Waals surface area (Å²) in [4.78, 5) is 16.3. The molecule has 8 heteroatoms. The minimum atomic E-state index is -0.113. The van der Waals surface area contributed by atoms with E-state index in [-0.39, 0.29) is 5.91 Å². The van der Waals surface area contributed by atoms with Gasteiger partial charge in [0.25, 0.3) is 5.91 Å². The Morgan fingerprint density at radius 1 is 1.16 bits per heavy atom. The van der Waals surface area contributed by atoms with Crippen molar-refractivity contribution in [2.45, 2.75) is 11.5 Å². The van der Waals surface area contributed by atoms with Gasteiger partial charge in [-0.15, -0.1) is 11.8 Å². The normalized spacial score (nSPS) is 15.0. The highest BCUT2D eigenvalue weighted by Gasteiger charge is 2.33. The molecule has 0 N–H and O–H groups in total. The van der Waals surface area contributed by atoms with Gasteiger partial charge in [0.15, 0.2) is 4.32 Å². The van der Waals surface area contributed by atoms with E-state index in [4.69, 9.17) is 28.6 Å². The average molecular weight is 563 g/mol. The first kappa shape index (κ1) is 23.4. The molecule has 0 unspecified atom stereocenters. The molecule has 162 valence electrons. The molecule has 0 aromatic heterocycles. The first-order valence-electron chi connectivity index (χ1n) is 9.53. The number of amides is 1. The third-order valence-electron chi connectivity index (χ3n) is 4.67. The number of anilines is 1. The zero-order valence-corrected chi connectivity index (χ0v) is 21.7. The molecule has 0 bridgehead atoms. The zero-order valence-electron chi connectivity index (χ0n) is 16.9. The number of benzene rings is 3. The molecule has 3 aromatic rings. The average Bonchev–Trinajstić information content (AvgIpc) is 3.07. The second kappa shape index (κ2) is 10.4. The Morgan fingerprint density at radius 3 is 2.66 bits per heavy atom. The Hall–Kier alpha value is -1.77. The topological polar surface area (TPSA) is 29.5 Å². The molecular formula is C24H17BrClNO2S3. The standard InChI is InChI=1S/C24H17BrClNO2S3/c1-31-19-4-2-3-18(13-19)27-23(28)22(32-24(27)30)12-16-7-10-21(20(25)11-16)29-14-15-5-8-17(26)9-6-15/h2-13H,14H2,1H3/b22-12+. The van der Waals surface area contributed by atoms with Crippen molar-refractivity contribution in [3.05, 3.63) is 92.3 Å². The molecular weight excluding hydrogens is 546 g/mol. The summed E-state index contributed by atoms with van der Waals surface area (Å²) in [5, 5.41) is 0.696. The van der Waals surface area contributed by atoms with Crippen LogP contribution >= 0.6 is 63.3 Å². The Labute approximate surface area is 214 Å². The Bertz CT molecular complexity index is 1210. The molecule has 4 rings (SSSR count). The molecule has 1 fully saturated rings. The monoisotopic (exact) mass is 561 g/mol. The number of ether oxygens (including phenoxy) is 1. The maximum atomic E-state index is 13.1. The van der Waals surface area contributed by atoms with Gasteiger partial charge in [0.1, 0.15) is 12.4 Å². The van der Waals surface area contributed by atoms with Gasteiger partial charge in [-0.05, 0) is 81.9 Å². The number of hydrogen-bond acceptors (Lipinski definition) is 5. The van der Waals surface area contributed by atoms with Crippen molar-refractivity contribution in [1.29, 1.82) is 0 Å². The Kier molecular flexibility index (Phi) is 7.63. The fourth-order valence-electron chi connectivity index (χ4n) is 3.06. The molecule has 0 saturated carbocycles. The molecule has 1 aliphatic rings. The second-order valence-electron chi connectivity index (χ2n) is 6.82. The van der Waals surface area contributed by atoms with Crippen LogP contribution in [0.2, 0.25) is 5.02 Å². The van der Waals surface area contributed by atoms with Crippen molar-refractivity contribution in [2.24, 2.45) is 0 Å². The number of nitrogens with zero attached hydrogens (tertiary/aromatic N) is 1. The van der Waals surface area contributed by atoms with Gasteiger partial charge >= 0.3 is 0 Å². The fourth-order valence-corrected chi connectivity index (χ4v) is 5.45. The van der Waals surface area contributed by atoms with E-state index in [1.165, 1.54) is 11.8 Å². The van der Waals surface area contributed by atoms with Crippen molar-refractivity contribution in [2.75, 3.05) is 11.2 Å². The molecule has 1 saturated heterocycles. The van der Waals surface area contributed by atoms with Crippen molar-refractivity contribution < 1.29 is 9.53 Å². The van der Waals surface area contributed by atoms with E-state index in [1.807, 2.05) is 79.1 Å². The lowest BCUT2D eigenvalue weighted by atomic mass is 10.2. The largest absolute Gasteiger partial charge is 0.488 e. The predicted octanol–water partition coefficient (Wildman–Crippen LogP) is 7.81. The van der Waals surface area contributed by atoms with Gasteiger partial charge in [0, 0.05) is 9.92 Å². The molecule has 0 atom stereocenters. The first-order valence-corrected chi connectivity index (χ1v) is 13.2. The summed E-state index contributed by atoms with van der Waals surface area (Å²) in [7, 11) is 0. The van der Waals surface area contributed by atoms with E-state index in [2.05, 4.69) is 15.9 Å². The van der Waals surface area contributed by atoms with Gasteiger partial charge in [-0.1, -0.05) is 59.8 Å². The molecule has 1 amide bonds. The highest BCUT2D eigenvalue weighted by molar-refractivity contribution is 9.10. The van der Waals surface area contributed by atoms with Crippen molar-refractivity contribution in [3.63, 3.8) is 0 Å². The Balaban J connectivity index is 1.49. The lowest BCUT2D eigenvalue weighted by molar-refractivity contribution is -0.113. The van der Waals surface area contributed by atoms with Gasteiger partial charge in [0.2, 0.25) is 0 Å². The zero-order chi connectivity index (χ0) is 22.7. The van der Waals surface area contributed by atoms with E-state index in [9.17, 15) is 4.79 Å². The Morgan fingerprint density at radius 2 is 1.94 bits per heavy atom. The SMILES string of the molecule is CSc1cccc(N2C(=O)/C(=C\c3ccc(OCc4ccc(Cl)cc4)c(Br)c3)SC2=S)c1. The number of halogens is 2. The maximum Gasteiger partial charge on any atom is 0.270 e. The molecule has 0 aliphatic carbocycles. The summed E-state index contributed by atoms with van der Waals surface area (Å²) >= 11 is 17.9. The quantitative estimate of drug-likeness (QED) is 0.174. The summed E-state index contributed by atoms with van der Waals surface area (Å²) in [5.74, 6) is 0.607. The van der Waals surface area contributed by atoms with Gasteiger partial charge in [-0.3, -0.25) is 9.69 Å². The second-order valence-corrected chi connectivity index (χ2v) is 10.7. The van der Waals surface area contributed by atoms with Crippen LogP contribution in [0.1, 0.15) is 11.1 Å². The summed E-state index contributed by atoms with van der Waals surface area (Å²) in [6, 6.07) is 21.1. The van der Waals surface area contributed by atoms with Crippen LogP contribution in [0.4, 0.5) is 5.69 Å². The number of thioether (sulfide) groups is 2. The third kappa shape index (κ3) is 5.41. The summed E-state index contributed by atoms with van der Waals surface area (Å²) in [5.41, 5.74) is 2.70. The van der Waals surface area contributed by atoms with Crippen molar-refractivity contribution >= 4 is 85.3 Å². The fraction of sp³-hybridized carbons (Fsp3) is 0.0833. The highest BCUT2D eigenvalue weighted by atomic mass is 79.9. The number of carbonyl (C=O) groups is 1. The van der Waals surface area contributed by atoms with Crippen LogP contribution in [0.15, 0.2) is 81.0 Å². The van der Waals surface area contributed by atoms with Crippen LogP contribution in [-0.2, 0) is 11.4 Å². The maximum absolute atomic E-state index is 13.1. The van der Waals surface area contributed by atoms with Crippen molar-refractivity contribution in [1.82, 2.24) is 0 Å². The first-order chi connectivity index (χ1) is 15.4. The highest BCUT2D eigenvalue weighted by Crippen LogP contribution is 2.37. The van der Waals surface area contributed by atoms with Gasteiger partial charge in [-0.25, -0.2) is 0 Å². The predicted molar refractivity (Wildman–Crippen MR) is 144 cm³/mol. The molecule has 1 heterocycles. The van der Waals surface area contributed by atoms with E-state index < -0.39 is 0 Å². The van der Waals surface area contributed by atoms with E-state index in [0.29, 0.717) is 20.9 Å². The summed E-state index contributed by atoms with van der Waals surface area (Å²) in [6.07, 6.45) is 3.86. The van der Waals surface area contributed by atoms with Crippen LogP contribution < -0.4 is 9.64 Å². The van der Waals surface area contributed by atoms with E-state index in [1.54, 1.807) is 16.7 Å². The lowest BCUT2D eigenvalue weighted by Gasteiger charge is -2.15. The van der Waals surface area contributed by atoms with Gasteiger partial charge < -0.3 is 4.74 Å². The summed E-state index contributed by atoms with van der Waals surface area (Å²) in [6.45, 7) is 0.433.